The number of thiazole rings is 1. The van der Waals surface area contributed by atoms with Gasteiger partial charge in [-0.15, -0.1) is 24.5 Å². The van der Waals surface area contributed by atoms with Crippen molar-refractivity contribution in [2.24, 2.45) is 23.7 Å². The van der Waals surface area contributed by atoms with Gasteiger partial charge in [-0.25, -0.2) is 9.78 Å². The van der Waals surface area contributed by atoms with Crippen LogP contribution in [-0.2, 0) is 6.54 Å². The predicted octanol–water partition coefficient (Wildman–Crippen LogP) is 5.27. The minimum atomic E-state index is -4.64. The number of aromatic carboxylic acids is 1. The minimum absolute atomic E-state index is 0.120. The van der Waals surface area contributed by atoms with Gasteiger partial charge in [0.2, 0.25) is 0 Å². The molecule has 1 aliphatic heterocycles. The lowest BCUT2D eigenvalue weighted by molar-refractivity contribution is -0.274. The number of nitrogens with one attached hydrogen (secondary N) is 1. The van der Waals surface area contributed by atoms with E-state index >= 15 is 0 Å². The number of carbonyl (C=O) groups is 1. The fraction of sp³-hybridized carbons (Fsp3) is 0.600. The number of fused-ring (bicyclic) bond motifs is 1. The number of likely N-dealkylation sites (tertiary alicyclic amines) is 1. The van der Waals surface area contributed by atoms with Gasteiger partial charge in [-0.1, -0.05) is 31.4 Å². The molecule has 5 rings (SSSR count). The molecular formula is C25H32F3N3O3S. The standard InChI is InChI=1S/C21H29F3N2O.C4H3NO2S/c22-21(23,24)27-17-8-4-7-16(9-17)10-25-11-18-19-13-26(14-20(18)19)12-15-5-2-1-3-6-15;6-4(7)3-1-8-2-5-3/h4,7-9,15,18-20,25H,1-3,5-6,10-14H2;1-2H,(H,6,7). The number of aromatic nitrogens is 1. The molecule has 1 aromatic carbocycles. The largest absolute Gasteiger partial charge is 0.573 e. The van der Waals surface area contributed by atoms with Crippen molar-refractivity contribution in [1.29, 1.82) is 0 Å². The summed E-state index contributed by atoms with van der Waals surface area (Å²) in [5.41, 5.74) is 2.43. The van der Waals surface area contributed by atoms with Crippen molar-refractivity contribution in [2.75, 3.05) is 26.2 Å². The molecule has 35 heavy (non-hydrogen) atoms. The Labute approximate surface area is 207 Å². The molecule has 3 aliphatic rings. The molecule has 3 fully saturated rings. The van der Waals surface area contributed by atoms with E-state index in [1.54, 1.807) is 6.07 Å². The van der Waals surface area contributed by atoms with Crippen molar-refractivity contribution in [3.8, 4) is 5.75 Å². The Kier molecular flexibility index (Phi) is 8.67. The van der Waals surface area contributed by atoms with E-state index in [0.29, 0.717) is 6.54 Å². The van der Waals surface area contributed by atoms with Crippen molar-refractivity contribution in [3.05, 3.63) is 46.4 Å². The highest BCUT2D eigenvalue weighted by Crippen LogP contribution is 2.51. The molecule has 10 heteroatoms. The molecule has 0 amide bonds. The average molecular weight is 512 g/mol. The number of alkyl halides is 3. The molecule has 1 aromatic heterocycles. The van der Waals surface area contributed by atoms with Gasteiger partial charge in [0, 0.05) is 31.6 Å². The van der Waals surface area contributed by atoms with Gasteiger partial charge in [-0.3, -0.25) is 0 Å². The lowest BCUT2D eigenvalue weighted by atomic mass is 9.89. The molecule has 2 N–H and O–H groups in total. The molecule has 2 heterocycles. The highest BCUT2D eigenvalue weighted by Gasteiger charge is 2.54. The summed E-state index contributed by atoms with van der Waals surface area (Å²) in [5, 5.41) is 13.1. The first-order chi connectivity index (χ1) is 16.8. The molecule has 0 spiro atoms. The van der Waals surface area contributed by atoms with Crippen LogP contribution in [0, 0.1) is 23.7 Å². The summed E-state index contributed by atoms with van der Waals surface area (Å²) < 4.78 is 40.9. The summed E-state index contributed by atoms with van der Waals surface area (Å²) in [7, 11) is 0. The Bertz CT molecular complexity index is 939. The van der Waals surface area contributed by atoms with Gasteiger partial charge in [0.25, 0.3) is 0 Å². The van der Waals surface area contributed by atoms with Crippen LogP contribution in [0.4, 0.5) is 13.2 Å². The SMILES string of the molecule is FC(F)(F)Oc1cccc(CNCC2C3CN(CC4CCCCC4)CC23)c1.O=C(O)c1cscn1. The number of rotatable bonds is 8. The van der Waals surface area contributed by atoms with Crippen molar-refractivity contribution in [1.82, 2.24) is 15.2 Å². The van der Waals surface area contributed by atoms with Crippen LogP contribution >= 0.6 is 11.3 Å². The van der Waals surface area contributed by atoms with Crippen LogP contribution in [0.2, 0.25) is 0 Å². The van der Waals surface area contributed by atoms with Gasteiger partial charge in [0.1, 0.15) is 5.75 Å². The van der Waals surface area contributed by atoms with Crippen LogP contribution in [0.1, 0.15) is 48.2 Å². The first-order valence-electron chi connectivity index (χ1n) is 12.2. The quantitative estimate of drug-likeness (QED) is 0.503. The Hall–Kier alpha value is -2.17. The molecule has 2 aromatic rings. The number of halogens is 3. The number of benzene rings is 1. The van der Waals surface area contributed by atoms with Gasteiger partial charge in [0.05, 0.1) is 5.51 Å². The summed E-state index contributed by atoms with van der Waals surface area (Å²) in [4.78, 5) is 16.2. The molecule has 1 saturated heterocycles. The second-order valence-electron chi connectivity index (χ2n) is 9.72. The summed E-state index contributed by atoms with van der Waals surface area (Å²) in [6, 6.07) is 6.23. The van der Waals surface area contributed by atoms with E-state index in [-0.39, 0.29) is 11.4 Å². The number of carboxylic acids is 1. The Morgan fingerprint density at radius 2 is 1.94 bits per heavy atom. The van der Waals surface area contributed by atoms with Crippen molar-refractivity contribution in [3.63, 3.8) is 0 Å². The lowest BCUT2D eigenvalue weighted by Gasteiger charge is -2.28. The van der Waals surface area contributed by atoms with E-state index in [1.807, 2.05) is 6.07 Å². The van der Waals surface area contributed by atoms with Crippen LogP contribution in [0.3, 0.4) is 0 Å². The van der Waals surface area contributed by atoms with Gasteiger partial charge in [0.15, 0.2) is 5.69 Å². The highest BCUT2D eigenvalue weighted by molar-refractivity contribution is 7.07. The third kappa shape index (κ3) is 7.91. The zero-order valence-corrected chi connectivity index (χ0v) is 20.4. The van der Waals surface area contributed by atoms with E-state index in [9.17, 15) is 18.0 Å². The zero-order chi connectivity index (χ0) is 24.8. The van der Waals surface area contributed by atoms with E-state index in [0.717, 1.165) is 35.8 Å². The first-order valence-corrected chi connectivity index (χ1v) is 13.1. The van der Waals surface area contributed by atoms with E-state index in [2.05, 4.69) is 19.9 Å². The van der Waals surface area contributed by atoms with Crippen molar-refractivity contribution >= 4 is 17.3 Å². The molecule has 0 radical (unpaired) electrons. The normalized spacial score (nSPS) is 24.4. The predicted molar refractivity (Wildman–Crippen MR) is 127 cm³/mol. The maximum Gasteiger partial charge on any atom is 0.573 e. The van der Waals surface area contributed by atoms with E-state index in [4.69, 9.17) is 5.11 Å². The molecule has 0 bridgehead atoms. The fourth-order valence-corrected chi connectivity index (χ4v) is 6.00. The molecule has 2 atom stereocenters. The second kappa shape index (κ2) is 11.7. The number of piperidine rings is 1. The Balaban J connectivity index is 0.000000308. The maximum absolute atomic E-state index is 12.3. The first kappa shape index (κ1) is 25.9. The molecular weight excluding hydrogens is 479 g/mol. The number of hydrogen-bond acceptors (Lipinski definition) is 6. The topological polar surface area (TPSA) is 74.7 Å². The smallest absolute Gasteiger partial charge is 0.476 e. The summed E-state index contributed by atoms with van der Waals surface area (Å²) in [6.07, 6.45) is 2.42. The molecule has 2 aliphatic carbocycles. The van der Waals surface area contributed by atoms with Gasteiger partial charge in [-0.05, 0) is 60.8 Å². The minimum Gasteiger partial charge on any atom is -0.476 e. The van der Waals surface area contributed by atoms with Gasteiger partial charge >= 0.3 is 12.3 Å². The molecule has 2 saturated carbocycles. The Morgan fingerprint density at radius 1 is 1.20 bits per heavy atom. The van der Waals surface area contributed by atoms with Crippen LogP contribution in [0.5, 0.6) is 5.75 Å². The number of ether oxygens (including phenoxy) is 1. The van der Waals surface area contributed by atoms with Crippen molar-refractivity contribution < 1.29 is 27.8 Å². The summed E-state index contributed by atoms with van der Waals surface area (Å²) in [5.74, 6) is 2.18. The van der Waals surface area contributed by atoms with Crippen LogP contribution in [0.15, 0.2) is 35.2 Å². The third-order valence-electron chi connectivity index (χ3n) is 7.18. The van der Waals surface area contributed by atoms with Gasteiger partial charge in [-0.2, -0.15) is 0 Å². The van der Waals surface area contributed by atoms with Crippen LogP contribution < -0.4 is 10.1 Å². The van der Waals surface area contributed by atoms with E-state index < -0.39 is 12.3 Å². The van der Waals surface area contributed by atoms with Crippen molar-refractivity contribution in [2.45, 2.75) is 45.0 Å². The zero-order valence-electron chi connectivity index (χ0n) is 19.5. The lowest BCUT2D eigenvalue weighted by Crippen LogP contribution is -2.32. The summed E-state index contributed by atoms with van der Waals surface area (Å²) >= 11 is 1.28. The number of carboxylic acid groups (broad SMARTS) is 1. The maximum atomic E-state index is 12.3. The number of nitrogens with zero attached hydrogens (tertiary/aromatic N) is 2. The van der Waals surface area contributed by atoms with Crippen LogP contribution in [-0.4, -0.2) is 53.5 Å². The van der Waals surface area contributed by atoms with Gasteiger partial charge < -0.3 is 20.1 Å². The molecule has 6 nitrogen and oxygen atoms in total. The number of hydrogen-bond donors (Lipinski definition) is 2. The molecule has 192 valence electrons. The van der Waals surface area contributed by atoms with Crippen LogP contribution in [0.25, 0.3) is 0 Å². The average Bonchev–Trinajstić information content (AvgIpc) is 3.20. The monoisotopic (exact) mass is 511 g/mol. The second-order valence-corrected chi connectivity index (χ2v) is 10.4. The fourth-order valence-electron chi connectivity index (χ4n) is 5.48. The van der Waals surface area contributed by atoms with E-state index in [1.165, 1.54) is 86.1 Å². The Morgan fingerprint density at radius 3 is 2.54 bits per heavy atom. The third-order valence-corrected chi connectivity index (χ3v) is 7.77. The highest BCUT2D eigenvalue weighted by atomic mass is 32.1. The summed E-state index contributed by atoms with van der Waals surface area (Å²) in [6.45, 7) is 5.30. The molecule has 2 unspecified atom stereocenters.